The third-order valence-corrected chi connectivity index (χ3v) is 3.69. The number of esters is 1. The van der Waals surface area contributed by atoms with Crippen molar-refractivity contribution in [2.45, 2.75) is 78.7 Å². The standard InChI is InChI=1S/C17H30O2/c1-13(12-15-9-7-6-8-10-15)11-14(2)16(18)19-17(3,4)5/h11,13,15H,6-10,12H2,1-5H3/b14-11+/t13-/m1/s1. The van der Waals surface area contributed by atoms with Gasteiger partial charge in [-0.25, -0.2) is 4.79 Å². The topological polar surface area (TPSA) is 26.3 Å². The molecular formula is C17H30O2. The van der Waals surface area contributed by atoms with Crippen LogP contribution in [0.2, 0.25) is 0 Å². The monoisotopic (exact) mass is 266 g/mol. The molecule has 1 atom stereocenters. The molecule has 110 valence electrons. The highest BCUT2D eigenvalue weighted by Crippen LogP contribution is 2.29. The summed E-state index contributed by atoms with van der Waals surface area (Å²) in [6.45, 7) is 9.80. The molecule has 1 aliphatic carbocycles. The Hall–Kier alpha value is -0.790. The lowest BCUT2D eigenvalue weighted by atomic mass is 9.83. The third-order valence-electron chi connectivity index (χ3n) is 3.69. The van der Waals surface area contributed by atoms with Crippen LogP contribution in [0.4, 0.5) is 0 Å². The van der Waals surface area contributed by atoms with Crippen molar-refractivity contribution < 1.29 is 9.53 Å². The lowest BCUT2D eigenvalue weighted by molar-refractivity contribution is -0.149. The van der Waals surface area contributed by atoms with Gasteiger partial charge in [-0.15, -0.1) is 0 Å². The second-order valence-electron chi connectivity index (χ2n) is 7.07. The predicted octanol–water partition coefficient (Wildman–Crippen LogP) is 4.88. The molecule has 0 aromatic heterocycles. The van der Waals surface area contributed by atoms with E-state index in [2.05, 4.69) is 13.0 Å². The minimum atomic E-state index is -0.404. The molecule has 0 aromatic rings. The van der Waals surface area contributed by atoms with Gasteiger partial charge in [-0.3, -0.25) is 0 Å². The highest BCUT2D eigenvalue weighted by atomic mass is 16.6. The molecule has 0 spiro atoms. The second-order valence-corrected chi connectivity index (χ2v) is 7.07. The van der Waals surface area contributed by atoms with Gasteiger partial charge in [-0.05, 0) is 46.0 Å². The summed E-state index contributed by atoms with van der Waals surface area (Å²) in [5.74, 6) is 1.14. The van der Waals surface area contributed by atoms with E-state index in [0.717, 1.165) is 11.5 Å². The van der Waals surface area contributed by atoms with Crippen molar-refractivity contribution in [1.82, 2.24) is 0 Å². The molecular weight excluding hydrogens is 236 g/mol. The van der Waals surface area contributed by atoms with Crippen molar-refractivity contribution >= 4 is 5.97 Å². The van der Waals surface area contributed by atoms with Crippen molar-refractivity contribution in [3.63, 3.8) is 0 Å². The van der Waals surface area contributed by atoms with Crippen LogP contribution in [0.1, 0.15) is 73.1 Å². The summed E-state index contributed by atoms with van der Waals surface area (Å²) in [5.41, 5.74) is 0.344. The smallest absolute Gasteiger partial charge is 0.333 e. The van der Waals surface area contributed by atoms with Gasteiger partial charge in [0.1, 0.15) is 5.60 Å². The number of allylic oxidation sites excluding steroid dienone is 1. The molecule has 0 aromatic carbocycles. The summed E-state index contributed by atoms with van der Waals surface area (Å²) in [7, 11) is 0. The Morgan fingerprint density at radius 1 is 1.26 bits per heavy atom. The number of carbonyl (C=O) groups is 1. The fourth-order valence-corrected chi connectivity index (χ4v) is 2.87. The van der Waals surface area contributed by atoms with Crippen molar-refractivity contribution in [3.05, 3.63) is 11.6 Å². The van der Waals surface area contributed by atoms with Gasteiger partial charge in [0.2, 0.25) is 0 Å². The summed E-state index contributed by atoms with van der Waals surface area (Å²) >= 11 is 0. The lowest BCUT2D eigenvalue weighted by Crippen LogP contribution is -2.24. The Morgan fingerprint density at radius 2 is 1.84 bits per heavy atom. The Labute approximate surface area is 118 Å². The van der Waals surface area contributed by atoms with Crippen LogP contribution in [0.3, 0.4) is 0 Å². The van der Waals surface area contributed by atoms with Crippen molar-refractivity contribution in [1.29, 1.82) is 0 Å². The number of hydrogen-bond acceptors (Lipinski definition) is 2. The maximum absolute atomic E-state index is 11.9. The number of hydrogen-bond donors (Lipinski definition) is 0. The molecule has 2 heteroatoms. The van der Waals surface area contributed by atoms with Gasteiger partial charge in [0.05, 0.1) is 0 Å². The van der Waals surface area contributed by atoms with Gasteiger partial charge >= 0.3 is 5.97 Å². The first-order valence-corrected chi connectivity index (χ1v) is 7.69. The highest BCUT2D eigenvalue weighted by Gasteiger charge is 2.19. The van der Waals surface area contributed by atoms with Crippen LogP contribution >= 0.6 is 0 Å². The quantitative estimate of drug-likeness (QED) is 0.535. The van der Waals surface area contributed by atoms with Crippen molar-refractivity contribution in [3.8, 4) is 0 Å². The van der Waals surface area contributed by atoms with Gasteiger partial charge in [0.25, 0.3) is 0 Å². The van der Waals surface area contributed by atoms with Gasteiger partial charge in [-0.1, -0.05) is 45.1 Å². The Bertz CT molecular complexity index is 317. The van der Waals surface area contributed by atoms with Gasteiger partial charge in [-0.2, -0.15) is 0 Å². The SMILES string of the molecule is C/C(=C\[C@@H](C)CC1CCCCC1)C(=O)OC(C)(C)C. The zero-order valence-electron chi connectivity index (χ0n) is 13.3. The molecule has 19 heavy (non-hydrogen) atoms. The van der Waals surface area contributed by atoms with E-state index >= 15 is 0 Å². The average molecular weight is 266 g/mol. The van der Waals surface area contributed by atoms with E-state index in [1.54, 1.807) is 0 Å². The normalized spacial score (nSPS) is 20.2. The van der Waals surface area contributed by atoms with Crippen LogP contribution in [0.15, 0.2) is 11.6 Å². The van der Waals surface area contributed by atoms with Crippen LogP contribution in [-0.2, 0) is 9.53 Å². The van der Waals surface area contributed by atoms with E-state index < -0.39 is 5.60 Å². The van der Waals surface area contributed by atoms with E-state index in [0.29, 0.717) is 5.92 Å². The largest absolute Gasteiger partial charge is 0.457 e. The van der Waals surface area contributed by atoms with Gasteiger partial charge in [0.15, 0.2) is 0 Å². The highest BCUT2D eigenvalue weighted by molar-refractivity contribution is 5.88. The van der Waals surface area contributed by atoms with E-state index in [1.165, 1.54) is 38.5 Å². The van der Waals surface area contributed by atoms with E-state index in [4.69, 9.17) is 4.74 Å². The number of rotatable bonds is 4. The first kappa shape index (κ1) is 16.3. The van der Waals surface area contributed by atoms with Crippen molar-refractivity contribution in [2.24, 2.45) is 11.8 Å². The molecule has 1 rings (SSSR count). The van der Waals surface area contributed by atoms with Crippen LogP contribution in [0.25, 0.3) is 0 Å². The van der Waals surface area contributed by atoms with E-state index in [-0.39, 0.29) is 5.97 Å². The molecule has 0 N–H and O–H groups in total. The first-order chi connectivity index (χ1) is 8.78. The molecule has 0 bridgehead atoms. The second kappa shape index (κ2) is 7.12. The zero-order chi connectivity index (χ0) is 14.5. The molecule has 1 saturated carbocycles. The molecule has 0 amide bonds. The summed E-state index contributed by atoms with van der Waals surface area (Å²) in [6, 6.07) is 0. The molecule has 2 nitrogen and oxygen atoms in total. The van der Waals surface area contributed by atoms with Gasteiger partial charge < -0.3 is 4.74 Å². The Morgan fingerprint density at radius 3 is 2.37 bits per heavy atom. The van der Waals surface area contributed by atoms with Crippen LogP contribution < -0.4 is 0 Å². The summed E-state index contributed by atoms with van der Waals surface area (Å²) in [5, 5.41) is 0. The molecule has 0 unspecified atom stereocenters. The van der Waals surface area contributed by atoms with E-state index in [9.17, 15) is 4.79 Å². The molecule has 1 aliphatic rings. The predicted molar refractivity (Wildman–Crippen MR) is 80.0 cm³/mol. The Kier molecular flexibility index (Phi) is 6.09. The molecule has 0 heterocycles. The Balaban J connectivity index is 2.45. The fraction of sp³-hybridized carbons (Fsp3) is 0.824. The minimum Gasteiger partial charge on any atom is -0.457 e. The zero-order valence-corrected chi connectivity index (χ0v) is 13.3. The molecule has 1 fully saturated rings. The summed E-state index contributed by atoms with van der Waals surface area (Å²) < 4.78 is 5.38. The van der Waals surface area contributed by atoms with Crippen LogP contribution in [-0.4, -0.2) is 11.6 Å². The van der Waals surface area contributed by atoms with Crippen LogP contribution in [0.5, 0.6) is 0 Å². The molecule has 0 aliphatic heterocycles. The lowest BCUT2D eigenvalue weighted by Gasteiger charge is -2.24. The molecule has 0 radical (unpaired) electrons. The third kappa shape index (κ3) is 6.79. The van der Waals surface area contributed by atoms with Crippen LogP contribution in [0, 0.1) is 11.8 Å². The maximum atomic E-state index is 11.9. The maximum Gasteiger partial charge on any atom is 0.333 e. The molecule has 0 saturated heterocycles. The number of carbonyl (C=O) groups excluding carboxylic acids is 1. The minimum absolute atomic E-state index is 0.178. The number of ether oxygens (including phenoxy) is 1. The first-order valence-electron chi connectivity index (χ1n) is 7.69. The fourth-order valence-electron chi connectivity index (χ4n) is 2.87. The average Bonchev–Trinajstić information content (AvgIpc) is 2.27. The van der Waals surface area contributed by atoms with E-state index in [1.807, 2.05) is 27.7 Å². The van der Waals surface area contributed by atoms with Crippen molar-refractivity contribution in [2.75, 3.05) is 0 Å². The van der Waals surface area contributed by atoms with Gasteiger partial charge in [0, 0.05) is 5.57 Å². The summed E-state index contributed by atoms with van der Waals surface area (Å²) in [6.07, 6.45) is 10.2. The summed E-state index contributed by atoms with van der Waals surface area (Å²) in [4.78, 5) is 11.9.